The van der Waals surface area contributed by atoms with E-state index in [1.807, 2.05) is 10.6 Å². The molecule has 0 unspecified atom stereocenters. The molecule has 46 heavy (non-hydrogen) atoms. The van der Waals surface area contributed by atoms with E-state index in [2.05, 4.69) is 30.9 Å². The molecule has 22 nitrogen and oxygen atoms in total. The summed E-state index contributed by atoms with van der Waals surface area (Å²) < 4.78 is 17.7. The number of aromatic amines is 1. The molecule has 1 aliphatic heterocycles. The SMILES string of the molecule is CC(C)C(=O)Nc1nc2c(ncn2[C@H]2C[C@@H](OC(=O)NCC(=O)NCC(=O)O)[C@@H](COC(=O)NCC(=O)NCC(=O)O)O2)c(=O)[nH]1. The number of carboxylic acids is 2. The minimum atomic E-state index is -1.30. The molecule has 0 aromatic carbocycles. The maximum absolute atomic E-state index is 12.6. The summed E-state index contributed by atoms with van der Waals surface area (Å²) in [5.41, 5.74) is -0.773. The van der Waals surface area contributed by atoms with Crippen LogP contribution in [-0.4, -0.2) is 117 Å². The maximum atomic E-state index is 12.6. The van der Waals surface area contributed by atoms with E-state index in [-0.39, 0.29) is 23.5 Å². The van der Waals surface area contributed by atoms with Crippen LogP contribution >= 0.6 is 0 Å². The van der Waals surface area contributed by atoms with E-state index < -0.39 is 105 Å². The minimum Gasteiger partial charge on any atom is -0.480 e. The first kappa shape index (κ1) is 34.7. The van der Waals surface area contributed by atoms with Gasteiger partial charge in [-0.1, -0.05) is 13.8 Å². The number of aliphatic carboxylic acids is 2. The van der Waals surface area contributed by atoms with Crippen molar-refractivity contribution in [2.45, 2.75) is 38.7 Å². The fraction of sp³-hybridized carbons (Fsp3) is 0.500. The molecular weight excluding hydrogens is 622 g/mol. The van der Waals surface area contributed by atoms with Crippen LogP contribution in [0.3, 0.4) is 0 Å². The van der Waals surface area contributed by atoms with Crippen LogP contribution in [0.5, 0.6) is 0 Å². The number of nitrogens with one attached hydrogen (secondary N) is 6. The molecule has 1 saturated heterocycles. The van der Waals surface area contributed by atoms with E-state index in [0.29, 0.717) is 0 Å². The van der Waals surface area contributed by atoms with Crippen molar-refractivity contribution in [2.24, 2.45) is 5.92 Å². The number of amides is 5. The average Bonchev–Trinajstić information content (AvgIpc) is 3.59. The molecule has 0 spiro atoms. The van der Waals surface area contributed by atoms with E-state index in [4.69, 9.17) is 24.4 Å². The van der Waals surface area contributed by atoms with Crippen LogP contribution in [0.1, 0.15) is 26.5 Å². The van der Waals surface area contributed by atoms with Gasteiger partial charge < -0.3 is 45.7 Å². The zero-order valence-electron chi connectivity index (χ0n) is 24.4. The van der Waals surface area contributed by atoms with E-state index in [9.17, 15) is 38.4 Å². The normalized spacial score (nSPS) is 17.2. The summed E-state index contributed by atoms with van der Waals surface area (Å²) in [6.07, 6.45) is -4.39. The van der Waals surface area contributed by atoms with Crippen molar-refractivity contribution in [3.05, 3.63) is 16.7 Å². The first-order chi connectivity index (χ1) is 21.7. The number of alkyl carbamates (subject to hydrolysis) is 2. The van der Waals surface area contributed by atoms with Gasteiger partial charge in [0.25, 0.3) is 5.56 Å². The summed E-state index contributed by atoms with van der Waals surface area (Å²) in [5.74, 6) is -5.21. The Morgan fingerprint density at radius 1 is 0.978 bits per heavy atom. The molecule has 250 valence electrons. The Labute approximate surface area is 257 Å². The van der Waals surface area contributed by atoms with Crippen molar-refractivity contribution >= 4 is 59.0 Å². The monoisotopic (exact) mass is 653 g/mol. The molecule has 0 radical (unpaired) electrons. The Kier molecular flexibility index (Phi) is 11.9. The van der Waals surface area contributed by atoms with Crippen molar-refractivity contribution in [3.63, 3.8) is 0 Å². The number of H-pyrrole nitrogens is 1. The number of carboxylic acid groups (broad SMARTS) is 2. The number of nitrogens with zero attached hydrogens (tertiary/aromatic N) is 3. The molecule has 8 N–H and O–H groups in total. The number of hydrogen-bond donors (Lipinski definition) is 8. The zero-order valence-corrected chi connectivity index (χ0v) is 24.4. The van der Waals surface area contributed by atoms with E-state index in [1.165, 1.54) is 10.9 Å². The summed E-state index contributed by atoms with van der Waals surface area (Å²) in [4.78, 5) is 105. The molecular formula is C24H31N9O13. The third kappa shape index (κ3) is 10.1. The molecule has 1 aliphatic rings. The quantitative estimate of drug-likeness (QED) is 0.102. The summed E-state index contributed by atoms with van der Waals surface area (Å²) in [7, 11) is 0. The fourth-order valence-electron chi connectivity index (χ4n) is 3.77. The molecule has 0 saturated carbocycles. The first-order valence-corrected chi connectivity index (χ1v) is 13.5. The molecule has 0 aliphatic carbocycles. The largest absolute Gasteiger partial charge is 0.480 e. The number of rotatable bonds is 14. The summed E-state index contributed by atoms with van der Waals surface area (Å²) in [5, 5.41) is 28.1. The van der Waals surface area contributed by atoms with Crippen LogP contribution in [0.2, 0.25) is 0 Å². The average molecular weight is 654 g/mol. The summed E-state index contributed by atoms with van der Waals surface area (Å²) >= 11 is 0. The standard InChI is InChI=1S/C24H31N9O13/c1-10(2)20(40)31-22-30-19-18(21(41)32-22)29-9-33(19)15-3-11(46-24(43)28-5-14(35)26-7-17(38)39)12(45-15)8-44-23(42)27-4-13(34)25-6-16(36)37/h9-12,15H,3-8H2,1-2H3,(H,25,34)(H,26,35)(H,27,42)(H,28,43)(H,36,37)(H,38,39)(H2,30,31,32,40,41)/t11-,12-,15-/m1/s1. The number of carbonyl (C=O) groups excluding carboxylic acids is 5. The van der Waals surface area contributed by atoms with Gasteiger partial charge in [0.15, 0.2) is 11.2 Å². The highest BCUT2D eigenvalue weighted by molar-refractivity contribution is 5.91. The molecule has 2 aromatic rings. The number of fused-ring (bicyclic) bond motifs is 1. The Morgan fingerprint density at radius 3 is 2.17 bits per heavy atom. The van der Waals surface area contributed by atoms with E-state index >= 15 is 0 Å². The lowest BCUT2D eigenvalue weighted by molar-refractivity contribution is -0.138. The first-order valence-electron chi connectivity index (χ1n) is 13.5. The Morgan fingerprint density at radius 2 is 1.59 bits per heavy atom. The lowest BCUT2D eigenvalue weighted by Gasteiger charge is -2.19. The highest BCUT2D eigenvalue weighted by Crippen LogP contribution is 2.32. The van der Waals surface area contributed by atoms with Crippen LogP contribution in [0, 0.1) is 5.92 Å². The van der Waals surface area contributed by atoms with Crippen molar-refractivity contribution in [1.29, 1.82) is 0 Å². The molecule has 2 aromatic heterocycles. The van der Waals surface area contributed by atoms with E-state index in [1.54, 1.807) is 13.8 Å². The third-order valence-electron chi connectivity index (χ3n) is 5.99. The predicted molar refractivity (Wildman–Crippen MR) is 149 cm³/mol. The van der Waals surface area contributed by atoms with Gasteiger partial charge in [-0.05, 0) is 0 Å². The van der Waals surface area contributed by atoms with Gasteiger partial charge in [0.1, 0.15) is 51.2 Å². The number of ether oxygens (including phenoxy) is 3. The highest BCUT2D eigenvalue weighted by atomic mass is 16.6. The fourth-order valence-corrected chi connectivity index (χ4v) is 3.77. The second-order valence-electron chi connectivity index (χ2n) is 9.84. The molecule has 0 bridgehead atoms. The Hall–Kier alpha value is -5.80. The van der Waals surface area contributed by atoms with Gasteiger partial charge in [-0.3, -0.25) is 43.6 Å². The highest BCUT2D eigenvalue weighted by Gasteiger charge is 2.40. The van der Waals surface area contributed by atoms with Gasteiger partial charge in [0.2, 0.25) is 23.7 Å². The second kappa shape index (κ2) is 15.8. The third-order valence-corrected chi connectivity index (χ3v) is 5.99. The number of hydrogen-bond acceptors (Lipinski definition) is 13. The van der Waals surface area contributed by atoms with Crippen LogP contribution in [-0.2, 0) is 38.2 Å². The van der Waals surface area contributed by atoms with Crippen LogP contribution in [0.25, 0.3) is 11.2 Å². The topological polar surface area (TPSA) is 311 Å². The van der Waals surface area contributed by atoms with Gasteiger partial charge in [0, 0.05) is 12.3 Å². The van der Waals surface area contributed by atoms with Gasteiger partial charge in [-0.25, -0.2) is 14.6 Å². The van der Waals surface area contributed by atoms with Crippen LogP contribution < -0.4 is 32.1 Å². The van der Waals surface area contributed by atoms with Gasteiger partial charge >= 0.3 is 24.1 Å². The molecule has 3 rings (SSSR count). The number of carbonyl (C=O) groups is 7. The number of aromatic nitrogens is 4. The number of anilines is 1. The summed E-state index contributed by atoms with van der Waals surface area (Å²) in [6.45, 7) is 0.172. The molecule has 22 heteroatoms. The van der Waals surface area contributed by atoms with Crippen LogP contribution in [0.4, 0.5) is 15.5 Å². The van der Waals surface area contributed by atoms with Crippen LogP contribution in [0.15, 0.2) is 11.1 Å². The van der Waals surface area contributed by atoms with Gasteiger partial charge in [0.05, 0.1) is 6.33 Å². The maximum Gasteiger partial charge on any atom is 0.407 e. The zero-order chi connectivity index (χ0) is 34.0. The van der Waals surface area contributed by atoms with Crippen molar-refractivity contribution in [3.8, 4) is 0 Å². The van der Waals surface area contributed by atoms with Crippen molar-refractivity contribution in [1.82, 2.24) is 40.8 Å². The Bertz CT molecular complexity index is 1550. The molecule has 3 heterocycles. The predicted octanol–water partition coefficient (Wildman–Crippen LogP) is -2.78. The number of imidazole rings is 1. The van der Waals surface area contributed by atoms with Crippen molar-refractivity contribution < 1.29 is 58.0 Å². The van der Waals surface area contributed by atoms with Gasteiger partial charge in [-0.15, -0.1) is 0 Å². The molecule has 5 amide bonds. The molecule has 1 fully saturated rings. The Balaban J connectivity index is 1.73. The smallest absolute Gasteiger partial charge is 0.407 e. The van der Waals surface area contributed by atoms with Crippen molar-refractivity contribution in [2.75, 3.05) is 38.1 Å². The lowest BCUT2D eigenvalue weighted by Crippen LogP contribution is -2.42. The minimum absolute atomic E-state index is 0.00204. The second-order valence-corrected chi connectivity index (χ2v) is 9.84. The lowest BCUT2D eigenvalue weighted by atomic mass is 10.2. The summed E-state index contributed by atoms with van der Waals surface area (Å²) in [6, 6.07) is 0. The molecule has 3 atom stereocenters. The van der Waals surface area contributed by atoms with E-state index in [0.717, 1.165) is 0 Å². The van der Waals surface area contributed by atoms with Gasteiger partial charge in [-0.2, -0.15) is 4.98 Å².